The van der Waals surface area contributed by atoms with Gasteiger partial charge >= 0.3 is 12.3 Å². The Morgan fingerprint density at radius 2 is 1.97 bits per heavy atom. The second-order valence-corrected chi connectivity index (χ2v) is 8.19. The molecule has 6 nitrogen and oxygen atoms in total. The summed E-state index contributed by atoms with van der Waals surface area (Å²) in [5, 5.41) is 0. The molecule has 6 rings (SSSR count). The van der Waals surface area contributed by atoms with Crippen molar-refractivity contribution < 1.29 is 36.6 Å². The number of rotatable bonds is 2. The summed E-state index contributed by atoms with van der Waals surface area (Å²) in [6, 6.07) is 5.91. The van der Waals surface area contributed by atoms with Gasteiger partial charge in [-0.05, 0) is 36.6 Å². The third-order valence-corrected chi connectivity index (χ3v) is 6.30. The van der Waals surface area contributed by atoms with Crippen LogP contribution < -0.4 is 9.47 Å². The summed E-state index contributed by atoms with van der Waals surface area (Å²) in [6.07, 6.45) is 0.718. The predicted octanol–water partition coefficient (Wildman–Crippen LogP) is 5.08. The van der Waals surface area contributed by atoms with Gasteiger partial charge in [0, 0.05) is 29.3 Å². The zero-order valence-electron chi connectivity index (χ0n) is 16.8. The monoisotopic (exact) mass is 445 g/mol. The van der Waals surface area contributed by atoms with Gasteiger partial charge in [0.05, 0.1) is 13.2 Å². The number of carbonyl (C=O) groups is 1. The maximum absolute atomic E-state index is 13.2. The molecule has 4 heterocycles. The summed E-state index contributed by atoms with van der Waals surface area (Å²) in [5.41, 5.74) is 2.20. The molecule has 0 bridgehead atoms. The van der Waals surface area contributed by atoms with E-state index in [2.05, 4.69) is 0 Å². The molecule has 0 N–H and O–H groups in total. The van der Waals surface area contributed by atoms with E-state index in [0.29, 0.717) is 30.9 Å². The van der Waals surface area contributed by atoms with Crippen LogP contribution in [-0.2, 0) is 29.5 Å². The van der Waals surface area contributed by atoms with E-state index in [0.717, 1.165) is 34.9 Å². The maximum atomic E-state index is 13.2. The normalized spacial score (nSPS) is 23.6. The lowest BCUT2D eigenvalue weighted by Gasteiger charge is -2.41. The Kier molecular flexibility index (Phi) is 3.97. The molecule has 0 saturated heterocycles. The lowest BCUT2D eigenvalue weighted by atomic mass is 9.81. The maximum Gasteiger partial charge on any atom is 0.449 e. The van der Waals surface area contributed by atoms with Crippen LogP contribution in [0.3, 0.4) is 0 Å². The third-order valence-electron chi connectivity index (χ3n) is 6.30. The molecule has 1 aliphatic carbocycles. The Balaban J connectivity index is 1.41. The van der Waals surface area contributed by atoms with Crippen molar-refractivity contribution in [2.24, 2.45) is 0 Å². The van der Waals surface area contributed by atoms with Gasteiger partial charge in [0.25, 0.3) is 0 Å². The Labute approximate surface area is 180 Å². The van der Waals surface area contributed by atoms with Crippen molar-refractivity contribution in [2.75, 3.05) is 13.2 Å². The number of fused-ring (bicyclic) bond motifs is 4. The highest BCUT2D eigenvalue weighted by atomic mass is 19.4. The van der Waals surface area contributed by atoms with Crippen LogP contribution in [0.2, 0.25) is 0 Å². The van der Waals surface area contributed by atoms with Crippen LogP contribution in [0, 0.1) is 0 Å². The van der Waals surface area contributed by atoms with Crippen LogP contribution in [-0.4, -0.2) is 24.2 Å². The number of halogens is 3. The van der Waals surface area contributed by atoms with E-state index in [9.17, 15) is 18.0 Å². The summed E-state index contributed by atoms with van der Waals surface area (Å²) in [7, 11) is 0. The molecule has 1 unspecified atom stereocenters. The molecule has 1 aromatic heterocycles. The van der Waals surface area contributed by atoms with E-state index in [-0.39, 0.29) is 18.9 Å². The number of alkyl halides is 3. The fraction of sp³-hybridized carbons (Fsp3) is 0.348. The van der Waals surface area contributed by atoms with Crippen LogP contribution in [0.4, 0.5) is 18.0 Å². The number of furan rings is 1. The molecule has 32 heavy (non-hydrogen) atoms. The minimum Gasteiger partial charge on any atom is -0.493 e. The first kappa shape index (κ1) is 19.3. The fourth-order valence-electron chi connectivity index (χ4n) is 4.81. The summed E-state index contributed by atoms with van der Waals surface area (Å²) in [6.45, 7) is 0.575. The third kappa shape index (κ3) is 2.76. The predicted molar refractivity (Wildman–Crippen MR) is 104 cm³/mol. The van der Waals surface area contributed by atoms with Gasteiger partial charge in [0.2, 0.25) is 11.4 Å². The smallest absolute Gasteiger partial charge is 0.449 e. The number of hydrogen-bond acceptors (Lipinski definition) is 5. The van der Waals surface area contributed by atoms with Gasteiger partial charge in [0.1, 0.15) is 23.9 Å². The quantitative estimate of drug-likeness (QED) is 0.646. The minimum absolute atomic E-state index is 0.0321. The average Bonchev–Trinajstić information content (AvgIpc) is 3.49. The molecule has 166 valence electrons. The minimum atomic E-state index is -4.59. The zero-order chi connectivity index (χ0) is 22.1. The number of carbonyl (C=O) groups excluding carboxylic acids is 1. The van der Waals surface area contributed by atoms with Gasteiger partial charge in [0.15, 0.2) is 0 Å². The summed E-state index contributed by atoms with van der Waals surface area (Å²) in [5.74, 6) is 0.320. The molecule has 1 atom stereocenters. The average molecular weight is 445 g/mol. The van der Waals surface area contributed by atoms with Gasteiger partial charge in [-0.15, -0.1) is 0 Å². The Morgan fingerprint density at radius 1 is 1.09 bits per heavy atom. The topological polar surface area (TPSA) is 61.1 Å². The van der Waals surface area contributed by atoms with Crippen molar-refractivity contribution >= 4 is 6.09 Å². The Hall–Kier alpha value is -3.36. The first-order valence-electron chi connectivity index (χ1n) is 10.3. The molecule has 2 aromatic rings. The van der Waals surface area contributed by atoms with Crippen molar-refractivity contribution in [3.8, 4) is 11.5 Å². The van der Waals surface area contributed by atoms with Gasteiger partial charge in [-0.25, -0.2) is 4.79 Å². The number of ether oxygens (including phenoxy) is 3. The number of hydrogen-bond donors (Lipinski definition) is 0. The molecule has 0 fully saturated rings. The van der Waals surface area contributed by atoms with E-state index >= 15 is 0 Å². The SMILES string of the molecule is O=C1OC2(COc3cc4c(cc32)CCO4)C2=C(CCC=C2)N1Cc1ccc(C(F)(F)F)o1. The van der Waals surface area contributed by atoms with E-state index in [1.807, 2.05) is 24.3 Å². The molecule has 1 amide bonds. The van der Waals surface area contributed by atoms with E-state index < -0.39 is 23.6 Å². The van der Waals surface area contributed by atoms with Crippen LogP contribution in [0.25, 0.3) is 0 Å². The van der Waals surface area contributed by atoms with Crippen molar-refractivity contribution in [1.29, 1.82) is 0 Å². The van der Waals surface area contributed by atoms with Crippen molar-refractivity contribution in [1.82, 2.24) is 4.90 Å². The molecule has 9 heteroatoms. The van der Waals surface area contributed by atoms with Crippen molar-refractivity contribution in [2.45, 2.75) is 37.6 Å². The molecule has 0 saturated carbocycles. The van der Waals surface area contributed by atoms with Gasteiger partial charge in [-0.3, -0.25) is 4.90 Å². The molecule has 0 radical (unpaired) electrons. The molecule has 3 aliphatic heterocycles. The largest absolute Gasteiger partial charge is 0.493 e. The van der Waals surface area contributed by atoms with Gasteiger partial charge < -0.3 is 18.6 Å². The summed E-state index contributed by atoms with van der Waals surface area (Å²) >= 11 is 0. The van der Waals surface area contributed by atoms with Crippen molar-refractivity contribution in [3.63, 3.8) is 0 Å². The van der Waals surface area contributed by atoms with Gasteiger partial charge in [-0.2, -0.15) is 13.2 Å². The Morgan fingerprint density at radius 3 is 2.78 bits per heavy atom. The lowest BCUT2D eigenvalue weighted by Crippen LogP contribution is -2.48. The molecule has 1 aromatic carbocycles. The first-order chi connectivity index (χ1) is 15.3. The zero-order valence-corrected chi connectivity index (χ0v) is 16.8. The van der Waals surface area contributed by atoms with Crippen LogP contribution in [0.1, 0.15) is 35.5 Å². The fourth-order valence-corrected chi connectivity index (χ4v) is 4.81. The molecule has 4 aliphatic rings. The highest BCUT2D eigenvalue weighted by molar-refractivity contribution is 5.76. The molecular weight excluding hydrogens is 427 g/mol. The summed E-state index contributed by atoms with van der Waals surface area (Å²) < 4.78 is 61.3. The number of nitrogens with zero attached hydrogens (tertiary/aromatic N) is 1. The van der Waals surface area contributed by atoms with Crippen LogP contribution in [0.15, 0.2) is 52.1 Å². The second-order valence-electron chi connectivity index (χ2n) is 8.19. The lowest BCUT2D eigenvalue weighted by molar-refractivity contribution is -0.153. The van der Waals surface area contributed by atoms with Crippen molar-refractivity contribution in [3.05, 3.63) is 70.3 Å². The Bertz CT molecular complexity index is 1190. The standard InChI is InChI=1S/C23H18F3NO5/c24-23(25,26)20-6-5-14(31-20)11-27-17-4-2-1-3-15(17)22(32-21(27)28)12-30-19-10-18-13(7-8-29-18)9-16(19)22/h1,3,5-6,9-10H,2,4,7-8,11-12H2. The van der Waals surface area contributed by atoms with Crippen LogP contribution in [0.5, 0.6) is 11.5 Å². The molecule has 1 spiro atoms. The number of allylic oxidation sites excluding steroid dienone is 2. The second kappa shape index (κ2) is 6.57. The highest BCUT2D eigenvalue weighted by Gasteiger charge is 2.53. The highest BCUT2D eigenvalue weighted by Crippen LogP contribution is 2.52. The molecular formula is C23H18F3NO5. The number of amides is 1. The number of benzene rings is 1. The first-order valence-corrected chi connectivity index (χ1v) is 10.3. The van der Waals surface area contributed by atoms with E-state index in [4.69, 9.17) is 18.6 Å². The van der Waals surface area contributed by atoms with Gasteiger partial charge in [-0.1, -0.05) is 12.2 Å². The van der Waals surface area contributed by atoms with E-state index in [1.165, 1.54) is 11.0 Å². The summed E-state index contributed by atoms with van der Waals surface area (Å²) in [4.78, 5) is 14.5. The van der Waals surface area contributed by atoms with E-state index in [1.54, 1.807) is 0 Å². The van der Waals surface area contributed by atoms with Crippen LogP contribution >= 0.6 is 0 Å².